The van der Waals surface area contributed by atoms with Crippen LogP contribution in [0.4, 0.5) is 5.69 Å². The van der Waals surface area contributed by atoms with Crippen molar-refractivity contribution in [1.29, 1.82) is 0 Å². The summed E-state index contributed by atoms with van der Waals surface area (Å²) in [5, 5.41) is 10.2. The predicted octanol–water partition coefficient (Wildman–Crippen LogP) is 5.15. The number of likely N-dealkylation sites (tertiary alicyclic amines) is 1. The molecule has 3 heterocycles. The van der Waals surface area contributed by atoms with Crippen molar-refractivity contribution in [1.82, 2.24) is 9.80 Å². The Bertz CT molecular complexity index is 1600. The molecule has 228 valence electrons. The number of hydrogen-bond donors (Lipinski definition) is 1. The summed E-state index contributed by atoms with van der Waals surface area (Å²) in [6.07, 6.45) is 1.81. The van der Waals surface area contributed by atoms with Gasteiger partial charge in [-0.3, -0.25) is 19.3 Å². The van der Waals surface area contributed by atoms with Gasteiger partial charge in [-0.05, 0) is 46.6 Å². The molecule has 3 amide bonds. The topological polar surface area (TPSA) is 98.2 Å². The van der Waals surface area contributed by atoms with Gasteiger partial charge >= 0.3 is 5.97 Å². The highest BCUT2D eigenvalue weighted by atomic mass is 16.4. The molecule has 1 fully saturated rings. The fourth-order valence-electron chi connectivity index (χ4n) is 7.13. The zero-order chi connectivity index (χ0) is 31.2. The Labute approximate surface area is 258 Å². The maximum absolute atomic E-state index is 14.8. The Morgan fingerprint density at radius 2 is 1.34 bits per heavy atom. The highest BCUT2D eigenvalue weighted by molar-refractivity contribution is 6.05. The van der Waals surface area contributed by atoms with Crippen LogP contribution < -0.4 is 4.90 Å². The van der Waals surface area contributed by atoms with E-state index in [9.17, 15) is 24.3 Å². The summed E-state index contributed by atoms with van der Waals surface area (Å²) in [6.45, 7) is 6.17. The second kappa shape index (κ2) is 11.6. The van der Waals surface area contributed by atoms with E-state index < -0.39 is 24.1 Å². The van der Waals surface area contributed by atoms with Crippen LogP contribution in [0.15, 0.2) is 78.9 Å². The maximum atomic E-state index is 14.8. The van der Waals surface area contributed by atoms with Gasteiger partial charge in [0.25, 0.3) is 0 Å². The van der Waals surface area contributed by atoms with Gasteiger partial charge in [0.15, 0.2) is 0 Å². The van der Waals surface area contributed by atoms with Crippen molar-refractivity contribution in [3.63, 3.8) is 0 Å². The Balaban J connectivity index is 1.38. The summed E-state index contributed by atoms with van der Waals surface area (Å²) in [4.78, 5) is 60.3. The molecule has 8 nitrogen and oxygen atoms in total. The van der Waals surface area contributed by atoms with E-state index >= 15 is 0 Å². The molecule has 0 spiro atoms. The lowest BCUT2D eigenvalue weighted by Gasteiger charge is -2.40. The molecule has 8 heteroatoms. The summed E-state index contributed by atoms with van der Waals surface area (Å²) in [5.41, 5.74) is 4.12. The summed E-state index contributed by atoms with van der Waals surface area (Å²) in [7, 11) is 0. The zero-order valence-electron chi connectivity index (χ0n) is 25.5. The molecule has 0 aromatic heterocycles. The SMILES string of the molecule is CC(C)(C)CC(=O)N1c2ccccc2C[C@@H]1C(=O)N1[C@@H](C(=O)N2Cc3ccccc3C[C@@H]2C(=O)O)CC[C@H]1c1ccccc1. The molecule has 0 unspecified atom stereocenters. The first kappa shape index (κ1) is 29.6. The minimum Gasteiger partial charge on any atom is -0.480 e. The van der Waals surface area contributed by atoms with E-state index in [4.69, 9.17) is 0 Å². The van der Waals surface area contributed by atoms with E-state index in [0.717, 1.165) is 27.9 Å². The molecule has 0 bridgehead atoms. The average Bonchev–Trinajstić information content (AvgIpc) is 3.62. The molecular formula is C36H39N3O5. The molecule has 0 radical (unpaired) electrons. The van der Waals surface area contributed by atoms with Gasteiger partial charge < -0.3 is 14.9 Å². The van der Waals surface area contributed by atoms with Crippen LogP contribution >= 0.6 is 0 Å². The third-order valence-electron chi connectivity index (χ3n) is 9.14. The van der Waals surface area contributed by atoms with Gasteiger partial charge in [0.2, 0.25) is 17.7 Å². The Kier molecular flexibility index (Phi) is 7.78. The number of carbonyl (C=O) groups excluding carboxylic acids is 3. The summed E-state index contributed by atoms with van der Waals surface area (Å²) in [6, 6.07) is 21.8. The first-order chi connectivity index (χ1) is 21.0. The van der Waals surface area contributed by atoms with Crippen molar-refractivity contribution >= 4 is 29.4 Å². The quantitative estimate of drug-likeness (QED) is 0.441. The summed E-state index contributed by atoms with van der Waals surface area (Å²) in [5.74, 6) is -1.83. The van der Waals surface area contributed by atoms with Crippen molar-refractivity contribution in [2.24, 2.45) is 5.41 Å². The summed E-state index contributed by atoms with van der Waals surface area (Å²) >= 11 is 0. The van der Waals surface area contributed by atoms with Crippen LogP contribution in [0, 0.1) is 5.41 Å². The standard InChI is InChI=1S/C36H39N3O5/c1-36(2,3)21-32(40)38-27-16-10-9-14-25(27)20-30(38)34(42)39-28(23-11-5-4-6-12-23)17-18-29(39)33(41)37-22-26-15-8-7-13-24(26)19-31(37)35(43)44/h4-16,28-31H,17-22H2,1-3H3,(H,43,44)/t28-,29+,30+,31+/m0/s1. The molecule has 6 rings (SSSR count). The molecular weight excluding hydrogens is 554 g/mol. The third kappa shape index (κ3) is 5.49. The average molecular weight is 594 g/mol. The first-order valence-electron chi connectivity index (χ1n) is 15.4. The second-order valence-corrected chi connectivity index (χ2v) is 13.4. The van der Waals surface area contributed by atoms with Crippen LogP contribution in [0.1, 0.15) is 68.3 Å². The molecule has 4 atom stereocenters. The number of aliphatic carboxylic acids is 1. The number of rotatable bonds is 5. The number of hydrogen-bond acceptors (Lipinski definition) is 4. The Hall–Kier alpha value is -4.46. The largest absolute Gasteiger partial charge is 0.480 e. The van der Waals surface area contributed by atoms with Crippen molar-refractivity contribution < 1.29 is 24.3 Å². The van der Waals surface area contributed by atoms with Gasteiger partial charge in [0.05, 0.1) is 6.04 Å². The van der Waals surface area contributed by atoms with Crippen LogP contribution in [-0.4, -0.2) is 56.7 Å². The van der Waals surface area contributed by atoms with Gasteiger partial charge in [-0.1, -0.05) is 93.6 Å². The normalized spacial score (nSPS) is 22.8. The van der Waals surface area contributed by atoms with E-state index in [0.29, 0.717) is 19.3 Å². The molecule has 1 saturated heterocycles. The minimum atomic E-state index is -1.06. The highest BCUT2D eigenvalue weighted by Crippen LogP contribution is 2.42. The Morgan fingerprint density at radius 1 is 0.727 bits per heavy atom. The van der Waals surface area contributed by atoms with Crippen LogP contribution in [0.5, 0.6) is 0 Å². The summed E-state index contributed by atoms with van der Waals surface area (Å²) < 4.78 is 0. The zero-order valence-corrected chi connectivity index (χ0v) is 25.5. The van der Waals surface area contributed by atoms with E-state index in [1.54, 1.807) is 9.80 Å². The Morgan fingerprint density at radius 3 is 2.02 bits per heavy atom. The lowest BCUT2D eigenvalue weighted by Crippen LogP contribution is -2.58. The van der Waals surface area contributed by atoms with Gasteiger partial charge in [0.1, 0.15) is 18.1 Å². The van der Waals surface area contributed by atoms with E-state index in [2.05, 4.69) is 0 Å². The molecule has 44 heavy (non-hydrogen) atoms. The van der Waals surface area contributed by atoms with Gasteiger partial charge in [-0.15, -0.1) is 0 Å². The number of para-hydroxylation sites is 1. The highest BCUT2D eigenvalue weighted by Gasteiger charge is 2.50. The number of anilines is 1. The van der Waals surface area contributed by atoms with E-state index in [1.807, 2.05) is 99.6 Å². The molecule has 3 aliphatic heterocycles. The number of fused-ring (bicyclic) bond motifs is 2. The predicted molar refractivity (Wildman–Crippen MR) is 167 cm³/mol. The number of carboxylic acid groups (broad SMARTS) is 1. The monoisotopic (exact) mass is 593 g/mol. The molecule has 0 saturated carbocycles. The van der Waals surface area contributed by atoms with Crippen molar-refractivity contribution in [3.8, 4) is 0 Å². The van der Waals surface area contributed by atoms with Crippen LogP contribution in [0.2, 0.25) is 0 Å². The van der Waals surface area contributed by atoms with Gasteiger partial charge in [0, 0.05) is 31.5 Å². The first-order valence-corrected chi connectivity index (χ1v) is 15.4. The lowest BCUT2D eigenvalue weighted by atomic mass is 9.91. The van der Waals surface area contributed by atoms with Crippen molar-refractivity contribution in [2.45, 2.75) is 83.6 Å². The van der Waals surface area contributed by atoms with E-state index in [-0.39, 0.29) is 48.6 Å². The van der Waals surface area contributed by atoms with Crippen molar-refractivity contribution in [3.05, 3.63) is 101 Å². The number of nitrogens with zero attached hydrogens (tertiary/aromatic N) is 3. The molecule has 3 aromatic rings. The number of carboxylic acids is 1. The molecule has 3 aromatic carbocycles. The molecule has 0 aliphatic carbocycles. The molecule has 1 N–H and O–H groups in total. The smallest absolute Gasteiger partial charge is 0.326 e. The minimum absolute atomic E-state index is 0.127. The van der Waals surface area contributed by atoms with Crippen LogP contribution in [0.3, 0.4) is 0 Å². The fourth-order valence-corrected chi connectivity index (χ4v) is 7.13. The van der Waals surface area contributed by atoms with Gasteiger partial charge in [-0.2, -0.15) is 0 Å². The van der Waals surface area contributed by atoms with Gasteiger partial charge in [-0.25, -0.2) is 4.79 Å². The van der Waals surface area contributed by atoms with Crippen molar-refractivity contribution in [2.75, 3.05) is 4.90 Å². The maximum Gasteiger partial charge on any atom is 0.326 e. The third-order valence-corrected chi connectivity index (χ3v) is 9.14. The van der Waals surface area contributed by atoms with E-state index in [1.165, 1.54) is 4.90 Å². The van der Waals surface area contributed by atoms with Crippen LogP contribution in [-0.2, 0) is 38.6 Å². The number of amides is 3. The fraction of sp³-hybridized carbons (Fsp3) is 0.389. The lowest BCUT2D eigenvalue weighted by molar-refractivity contribution is -0.156. The van der Waals surface area contributed by atoms with Crippen LogP contribution in [0.25, 0.3) is 0 Å². The number of carbonyl (C=O) groups is 4. The number of benzene rings is 3. The molecule has 3 aliphatic rings. The second-order valence-electron chi connectivity index (χ2n) is 13.4.